The lowest BCUT2D eigenvalue weighted by Gasteiger charge is -2.55. The summed E-state index contributed by atoms with van der Waals surface area (Å²) in [6.07, 6.45) is 35.2. The molecule has 10 bridgehead atoms. The van der Waals surface area contributed by atoms with Gasteiger partial charge in [-0.1, -0.05) is 151 Å². The lowest BCUT2D eigenvalue weighted by atomic mass is 9.67. The van der Waals surface area contributed by atoms with Crippen molar-refractivity contribution in [3.8, 4) is 0 Å². The van der Waals surface area contributed by atoms with Crippen LogP contribution in [0.15, 0.2) is 0 Å². The summed E-state index contributed by atoms with van der Waals surface area (Å²) in [5.41, 5.74) is 1.95. The summed E-state index contributed by atoms with van der Waals surface area (Å²) in [4.78, 5) is 40.4. The number of piperazine rings is 1. The van der Waals surface area contributed by atoms with Gasteiger partial charge in [0.15, 0.2) is 0 Å². The van der Waals surface area contributed by atoms with Crippen molar-refractivity contribution in [2.75, 3.05) is 72.1 Å². The summed E-state index contributed by atoms with van der Waals surface area (Å²) in [6.45, 7) is 108. The minimum atomic E-state index is 0.212. The normalized spacial score (nSPS) is 33.6. The molecule has 12 aliphatic heterocycles. The quantitative estimate of drug-likeness (QED) is 0.117. The third kappa shape index (κ3) is 30.1. The monoisotopic (exact) mass is 1810 g/mol. The molecular weight excluding hydrogens is 1580 g/mol. The van der Waals surface area contributed by atoms with Gasteiger partial charge in [0.05, 0.1) is 13.2 Å². The lowest BCUT2D eigenvalue weighted by molar-refractivity contribution is -0.132. The van der Waals surface area contributed by atoms with Crippen LogP contribution in [0.1, 0.15) is 438 Å². The first kappa shape index (κ1) is 115. The highest BCUT2D eigenvalue weighted by atomic mass is 16.5. The molecule has 0 aromatic rings. The van der Waals surface area contributed by atoms with Crippen LogP contribution >= 0.6 is 0 Å². The largest absolute Gasteiger partial charge is 0.378 e. The van der Waals surface area contributed by atoms with E-state index in [9.17, 15) is 4.79 Å². The standard InChI is InChI=1S/2C13H25N.C12H24N2O.3C12H23N.C11H21N.C11H23N.C10H21NO.C10H21N/c1-9(2)13-11-5-7-12(8-6-11)14(13)10(3)4;1-10(2)13-7-5-6-12(8-13)9-14(13)11(3)4;1-9(2)12-8-13(11(5)15)6-7-14(12)10(3)4;1-9(2)11-7-12(5-6-12)8-13(11)10(3)4;2*1-8(2)12-10-5-6-11(7-10)13(12)9(3)4;1-8(2)11-5-10(6-11)7-12(11)9(3)4;1-9(2)11-7-5-6-8-12(11)10(3)4;1-8(2)10-7-12-6-5-11(10)9(3)4;1-8(2)10-6-5-7-11(10)9(3)4/h9-13H,5-8H2,1-4H3;10-12H,5-9H2,1-4H3;9-10,12H,6-8H2,1-5H3;9-11H,5-8H2,1-4H3;2*8-12H,5-7H2,1-4H3;8-10H,5-7H2,1-4H3;9-11H,5-8H2,1-4H3;8-10H,5-7H2,1-4H3;8-10H,5-7H2,1-4H3/t11?,12?,13-;12-,13-;12-;11-;10-,11+,12-;;;11-;2*10-/m00110..111/s1. The number of amides is 1. The van der Waals surface area contributed by atoms with Gasteiger partial charge in [0, 0.05) is 191 Å². The van der Waals surface area contributed by atoms with Crippen LogP contribution < -0.4 is 0 Å². The second-order valence-corrected chi connectivity index (χ2v) is 52.1. The topological polar surface area (TPSA) is 61.9 Å². The number of hydrogen-bond acceptors (Lipinski definition) is 12. The van der Waals surface area contributed by atoms with Crippen LogP contribution in [-0.4, -0.2) is 270 Å². The van der Waals surface area contributed by atoms with Crippen LogP contribution in [0.3, 0.4) is 0 Å². The molecule has 13 nitrogen and oxygen atoms in total. The van der Waals surface area contributed by atoms with E-state index in [0.29, 0.717) is 47.1 Å². The number of likely N-dealkylation sites (tertiary alicyclic amines) is 6. The molecular formula is C116H229N11O2. The van der Waals surface area contributed by atoms with Crippen LogP contribution in [0.2, 0.25) is 0 Å². The maximum Gasteiger partial charge on any atom is 0.219 e. The maximum atomic E-state index is 11.4. The Hall–Kier alpha value is -0.970. The maximum absolute atomic E-state index is 11.4. The molecule has 18 fully saturated rings. The molecule has 12 heterocycles. The Morgan fingerprint density at radius 1 is 0.295 bits per heavy atom. The number of piperidine rings is 5. The fourth-order valence-electron chi connectivity index (χ4n) is 30.0. The zero-order chi connectivity index (χ0) is 96.7. The molecule has 0 aromatic carbocycles. The van der Waals surface area contributed by atoms with Crippen LogP contribution in [0.5, 0.6) is 0 Å². The average Bonchev–Trinajstić information content (AvgIpc) is 1.57. The summed E-state index contributed by atoms with van der Waals surface area (Å²) in [6, 6.07) is 16.3. The summed E-state index contributed by atoms with van der Waals surface area (Å²) >= 11 is 0. The summed E-state index contributed by atoms with van der Waals surface area (Å²) < 4.78 is 5.48. The van der Waals surface area contributed by atoms with Gasteiger partial charge in [-0.05, 0) is 387 Å². The van der Waals surface area contributed by atoms with E-state index in [0.717, 1.165) is 224 Å². The van der Waals surface area contributed by atoms with Crippen molar-refractivity contribution in [2.24, 2.45) is 94.2 Å². The second-order valence-electron chi connectivity index (χ2n) is 52.1. The number of carbonyl (C=O) groups is 1. The Morgan fingerprint density at radius 2 is 0.674 bits per heavy atom. The highest BCUT2D eigenvalue weighted by molar-refractivity contribution is 5.73. The van der Waals surface area contributed by atoms with Gasteiger partial charge >= 0.3 is 0 Å². The van der Waals surface area contributed by atoms with Gasteiger partial charge in [0.1, 0.15) is 0 Å². The van der Waals surface area contributed by atoms with Crippen molar-refractivity contribution in [1.29, 1.82) is 0 Å². The minimum Gasteiger partial charge on any atom is -0.378 e. The van der Waals surface area contributed by atoms with Crippen LogP contribution in [0.4, 0.5) is 0 Å². The highest BCUT2D eigenvalue weighted by Crippen LogP contribution is 2.58. The van der Waals surface area contributed by atoms with Crippen LogP contribution in [0.25, 0.3) is 0 Å². The summed E-state index contributed by atoms with van der Waals surface area (Å²) in [7, 11) is 0. The summed E-state index contributed by atoms with van der Waals surface area (Å²) in [5, 5.41) is 0. The first-order valence-corrected chi connectivity index (χ1v) is 56.8. The first-order chi connectivity index (χ1) is 60.3. The van der Waals surface area contributed by atoms with Gasteiger partial charge in [0.25, 0.3) is 0 Å². The molecule has 1 spiro atoms. The molecule has 13 heteroatoms. The van der Waals surface area contributed by atoms with Gasteiger partial charge in [-0.15, -0.1) is 0 Å². The number of nitrogens with zero attached hydrogens (tertiary/aromatic N) is 11. The van der Waals surface area contributed by atoms with Crippen LogP contribution in [0, 0.1) is 94.2 Å². The van der Waals surface area contributed by atoms with E-state index in [1.54, 1.807) is 6.92 Å². The van der Waals surface area contributed by atoms with Crippen molar-refractivity contribution in [2.45, 2.75) is 576 Å². The number of carbonyl (C=O) groups excluding carboxylic acids is 1. The van der Waals surface area contributed by atoms with Gasteiger partial charge < -0.3 is 9.64 Å². The molecule has 3 unspecified atom stereocenters. The average molecular weight is 1810 g/mol. The third-order valence-electron chi connectivity index (χ3n) is 36.6. The molecule has 14 atom stereocenters. The Bertz CT molecular complexity index is 2870. The smallest absolute Gasteiger partial charge is 0.219 e. The Balaban J connectivity index is 0.000000196. The number of hydrogen-bond donors (Lipinski definition) is 0. The molecule has 0 N–H and O–H groups in total. The van der Waals surface area contributed by atoms with Gasteiger partial charge in [-0.3, -0.25) is 53.8 Å². The number of ether oxygens (including phenoxy) is 1. The Kier molecular flexibility index (Phi) is 46.3. The Labute approximate surface area is 806 Å². The van der Waals surface area contributed by atoms with Crippen LogP contribution in [-0.2, 0) is 9.53 Å². The Morgan fingerprint density at radius 3 is 1.03 bits per heavy atom. The molecule has 760 valence electrons. The zero-order valence-corrected chi connectivity index (χ0v) is 94.3. The van der Waals surface area contributed by atoms with Gasteiger partial charge in [-0.25, -0.2) is 0 Å². The van der Waals surface area contributed by atoms with E-state index in [1.807, 2.05) is 4.90 Å². The summed E-state index contributed by atoms with van der Waals surface area (Å²) in [5.74, 6) is 13.3. The molecule has 18 aliphatic rings. The predicted molar refractivity (Wildman–Crippen MR) is 563 cm³/mol. The second kappa shape index (κ2) is 52.0. The zero-order valence-electron chi connectivity index (χ0n) is 94.3. The SMILES string of the molecule is CC(=O)N1CCN(C(C)C)[C@@H](C(C)C)C1.CC(C)C1C2CCC(C2)N1C(C)C.CC(C)N1CC2CC1(C(C)C)C2.CC(C)N1C[C@H]2CCC[C@@]1(C(C)C)C2.CC(C)[C@H]1C2CCC(CC2)N1C(C)C.CC(C)[C@H]1CC2(CC2)CN1C(C)C.CC(C)[C@H]1CCCCN1C(C)C.CC(C)[C@H]1CCCN1C(C)C.CC(C)[C@H]1COCCN1C(C)C.CC(C)[C@H]1[C@H]2CC[C@H](C2)N1C(C)C. The van der Waals surface area contributed by atoms with E-state index in [4.69, 9.17) is 4.74 Å². The fraction of sp³-hybridized carbons (Fsp3) is 0.991. The molecule has 0 aromatic heterocycles. The van der Waals surface area contributed by atoms with Gasteiger partial charge in [0.2, 0.25) is 5.91 Å². The van der Waals surface area contributed by atoms with Crippen molar-refractivity contribution >= 4 is 5.91 Å². The molecule has 6 saturated carbocycles. The molecule has 12 saturated heterocycles. The number of fused-ring (bicyclic) bond motifs is 10. The number of morpholine rings is 1. The molecule has 0 radical (unpaired) electrons. The van der Waals surface area contributed by atoms with Crippen molar-refractivity contribution in [3.63, 3.8) is 0 Å². The van der Waals surface area contributed by atoms with E-state index in [1.165, 1.54) is 187 Å². The first-order valence-electron chi connectivity index (χ1n) is 56.8. The minimum absolute atomic E-state index is 0.212. The molecule has 18 rings (SSSR count). The van der Waals surface area contributed by atoms with E-state index in [2.05, 4.69) is 326 Å². The van der Waals surface area contributed by atoms with E-state index < -0.39 is 0 Å². The van der Waals surface area contributed by atoms with E-state index >= 15 is 0 Å². The highest BCUT2D eigenvalue weighted by Gasteiger charge is 2.59. The van der Waals surface area contributed by atoms with Gasteiger partial charge in [-0.2, -0.15) is 0 Å². The van der Waals surface area contributed by atoms with Crippen molar-refractivity contribution < 1.29 is 9.53 Å². The number of rotatable bonds is 20. The third-order valence-corrected chi connectivity index (χ3v) is 36.6. The molecule has 129 heavy (non-hydrogen) atoms. The predicted octanol–water partition coefficient (Wildman–Crippen LogP) is 26.6. The molecule has 1 amide bonds. The molecule has 6 aliphatic carbocycles. The lowest BCUT2D eigenvalue weighted by Crippen LogP contribution is -2.59. The fourth-order valence-corrected chi connectivity index (χ4v) is 30.0. The van der Waals surface area contributed by atoms with Crippen molar-refractivity contribution in [3.05, 3.63) is 0 Å². The van der Waals surface area contributed by atoms with E-state index in [-0.39, 0.29) is 5.91 Å². The van der Waals surface area contributed by atoms with Crippen molar-refractivity contribution in [1.82, 2.24) is 53.9 Å².